The van der Waals surface area contributed by atoms with Crippen LogP contribution in [-0.2, 0) is 11.8 Å². The smallest absolute Gasteiger partial charge is 0.241 e. The molecule has 1 heterocycles. The Labute approximate surface area is 96.0 Å². The van der Waals surface area contributed by atoms with Crippen molar-refractivity contribution in [3.05, 3.63) is 11.9 Å². The van der Waals surface area contributed by atoms with E-state index in [-0.39, 0.29) is 11.3 Å². The molecule has 1 aromatic rings. The first kappa shape index (κ1) is 12.7. The molecule has 1 amide bonds. The number of nitrogens with zero attached hydrogens (tertiary/aromatic N) is 2. The van der Waals surface area contributed by atoms with Crippen LogP contribution in [-0.4, -0.2) is 21.7 Å². The number of hydrogen-bond acceptors (Lipinski definition) is 3. The molecule has 0 radical (unpaired) electrons. The summed E-state index contributed by atoms with van der Waals surface area (Å²) in [5, 5.41) is 6.94. The molecule has 0 saturated heterocycles. The van der Waals surface area contributed by atoms with Crippen LogP contribution in [0.25, 0.3) is 0 Å². The summed E-state index contributed by atoms with van der Waals surface area (Å²) in [6.45, 7) is 7.66. The maximum atomic E-state index is 11.8. The molecule has 0 aliphatic carbocycles. The van der Waals surface area contributed by atoms with Crippen molar-refractivity contribution in [2.75, 3.05) is 5.32 Å². The molecule has 0 bridgehead atoms. The second-order valence-electron chi connectivity index (χ2n) is 5.13. The molecule has 5 heteroatoms. The molecule has 0 spiro atoms. The zero-order valence-corrected chi connectivity index (χ0v) is 10.5. The van der Waals surface area contributed by atoms with Crippen LogP contribution in [0.3, 0.4) is 0 Å². The zero-order chi connectivity index (χ0) is 12.5. The number of aryl methyl sites for hydroxylation is 2. The Morgan fingerprint density at radius 1 is 1.56 bits per heavy atom. The fourth-order valence-electron chi connectivity index (χ4n) is 1.33. The highest BCUT2D eigenvalue weighted by molar-refractivity contribution is 5.95. The Morgan fingerprint density at radius 3 is 2.50 bits per heavy atom. The van der Waals surface area contributed by atoms with E-state index in [1.54, 1.807) is 10.9 Å². The Morgan fingerprint density at radius 2 is 2.12 bits per heavy atom. The average Bonchev–Trinajstić information content (AvgIpc) is 2.42. The fourth-order valence-corrected chi connectivity index (χ4v) is 1.33. The number of nitrogens with two attached hydrogens (primary N) is 1. The van der Waals surface area contributed by atoms with Gasteiger partial charge in [0.25, 0.3) is 0 Å². The van der Waals surface area contributed by atoms with Crippen molar-refractivity contribution in [2.45, 2.75) is 33.7 Å². The van der Waals surface area contributed by atoms with Crippen LogP contribution in [0.1, 0.15) is 26.5 Å². The maximum absolute atomic E-state index is 11.8. The second kappa shape index (κ2) is 4.25. The lowest BCUT2D eigenvalue weighted by atomic mass is 9.87. The summed E-state index contributed by atoms with van der Waals surface area (Å²) in [5.41, 5.74) is 7.11. The van der Waals surface area contributed by atoms with E-state index >= 15 is 0 Å². The SMILES string of the molecule is Cc1nn(C)cc1NC(=O)C(N)C(C)(C)C. The summed E-state index contributed by atoms with van der Waals surface area (Å²) >= 11 is 0. The highest BCUT2D eigenvalue weighted by Crippen LogP contribution is 2.19. The monoisotopic (exact) mass is 224 g/mol. The molecule has 90 valence electrons. The number of aromatic nitrogens is 2. The highest BCUT2D eigenvalue weighted by Gasteiger charge is 2.27. The van der Waals surface area contributed by atoms with Gasteiger partial charge in [0.2, 0.25) is 5.91 Å². The number of carbonyl (C=O) groups is 1. The van der Waals surface area contributed by atoms with Crippen molar-refractivity contribution >= 4 is 11.6 Å². The zero-order valence-electron chi connectivity index (χ0n) is 10.5. The van der Waals surface area contributed by atoms with Gasteiger partial charge >= 0.3 is 0 Å². The van der Waals surface area contributed by atoms with Gasteiger partial charge in [-0.2, -0.15) is 5.10 Å². The summed E-state index contributed by atoms with van der Waals surface area (Å²) in [6.07, 6.45) is 1.77. The Balaban J connectivity index is 2.76. The molecular formula is C11H20N4O. The minimum Gasteiger partial charge on any atom is -0.322 e. The van der Waals surface area contributed by atoms with E-state index in [0.29, 0.717) is 5.69 Å². The largest absolute Gasteiger partial charge is 0.322 e. The van der Waals surface area contributed by atoms with E-state index in [0.717, 1.165) is 5.69 Å². The van der Waals surface area contributed by atoms with Gasteiger partial charge < -0.3 is 11.1 Å². The molecule has 0 aliphatic rings. The third-order valence-corrected chi connectivity index (χ3v) is 2.49. The van der Waals surface area contributed by atoms with Crippen molar-refractivity contribution in [3.8, 4) is 0 Å². The molecule has 1 atom stereocenters. The molecule has 1 unspecified atom stereocenters. The number of hydrogen-bond donors (Lipinski definition) is 2. The maximum Gasteiger partial charge on any atom is 0.241 e. The van der Waals surface area contributed by atoms with Crippen molar-refractivity contribution in [1.82, 2.24) is 9.78 Å². The standard InChI is InChI=1S/C11H20N4O/c1-7-8(6-15(5)14-7)13-10(16)9(12)11(2,3)4/h6,9H,12H2,1-5H3,(H,13,16). The van der Waals surface area contributed by atoms with Gasteiger partial charge in [-0.25, -0.2) is 0 Å². The summed E-state index contributed by atoms with van der Waals surface area (Å²) in [6, 6.07) is -0.535. The molecule has 1 rings (SSSR count). The lowest BCUT2D eigenvalue weighted by Gasteiger charge is -2.25. The Kier molecular flexibility index (Phi) is 3.38. The molecule has 0 saturated carbocycles. The number of carbonyl (C=O) groups excluding carboxylic acids is 1. The topological polar surface area (TPSA) is 72.9 Å². The van der Waals surface area contributed by atoms with E-state index in [1.165, 1.54) is 0 Å². The quantitative estimate of drug-likeness (QED) is 0.788. The van der Waals surface area contributed by atoms with E-state index in [1.807, 2.05) is 34.7 Å². The van der Waals surface area contributed by atoms with E-state index in [4.69, 9.17) is 5.73 Å². The summed E-state index contributed by atoms with van der Waals surface area (Å²) in [5.74, 6) is -0.177. The van der Waals surface area contributed by atoms with Crippen LogP contribution < -0.4 is 11.1 Å². The first-order chi connectivity index (χ1) is 7.21. The van der Waals surface area contributed by atoms with Crippen molar-refractivity contribution in [2.24, 2.45) is 18.2 Å². The molecule has 0 aliphatic heterocycles. The Bertz CT molecular complexity index is 389. The van der Waals surface area contributed by atoms with Crippen LogP contribution >= 0.6 is 0 Å². The van der Waals surface area contributed by atoms with Gasteiger partial charge in [-0.15, -0.1) is 0 Å². The van der Waals surface area contributed by atoms with E-state index in [9.17, 15) is 4.79 Å². The third kappa shape index (κ3) is 2.82. The van der Waals surface area contributed by atoms with Crippen LogP contribution in [0, 0.1) is 12.3 Å². The van der Waals surface area contributed by atoms with Crippen LogP contribution in [0.2, 0.25) is 0 Å². The minimum atomic E-state index is -0.535. The molecule has 5 nitrogen and oxygen atoms in total. The Hall–Kier alpha value is -1.36. The summed E-state index contributed by atoms with van der Waals surface area (Å²) in [7, 11) is 1.81. The third-order valence-electron chi connectivity index (χ3n) is 2.49. The number of nitrogens with one attached hydrogen (secondary N) is 1. The van der Waals surface area contributed by atoms with Crippen LogP contribution in [0.5, 0.6) is 0 Å². The van der Waals surface area contributed by atoms with Crippen LogP contribution in [0.4, 0.5) is 5.69 Å². The molecule has 3 N–H and O–H groups in total. The van der Waals surface area contributed by atoms with Gasteiger partial charge in [-0.1, -0.05) is 20.8 Å². The van der Waals surface area contributed by atoms with Gasteiger partial charge in [0.05, 0.1) is 17.4 Å². The van der Waals surface area contributed by atoms with Gasteiger partial charge in [-0.05, 0) is 12.3 Å². The minimum absolute atomic E-state index is 0.177. The predicted octanol–water partition coefficient (Wildman–Crippen LogP) is 1.04. The molecular weight excluding hydrogens is 204 g/mol. The molecule has 0 fully saturated rings. The van der Waals surface area contributed by atoms with Crippen molar-refractivity contribution in [1.29, 1.82) is 0 Å². The van der Waals surface area contributed by atoms with Gasteiger partial charge in [0.15, 0.2) is 0 Å². The molecule has 0 aromatic carbocycles. The number of amides is 1. The van der Waals surface area contributed by atoms with Crippen LogP contribution in [0.15, 0.2) is 6.20 Å². The predicted molar refractivity (Wildman–Crippen MR) is 64.0 cm³/mol. The second-order valence-corrected chi connectivity index (χ2v) is 5.13. The normalized spacial score (nSPS) is 13.6. The van der Waals surface area contributed by atoms with Gasteiger partial charge in [0, 0.05) is 13.2 Å². The lowest BCUT2D eigenvalue weighted by molar-refractivity contribution is -0.119. The van der Waals surface area contributed by atoms with E-state index < -0.39 is 6.04 Å². The highest BCUT2D eigenvalue weighted by atomic mass is 16.2. The lowest BCUT2D eigenvalue weighted by Crippen LogP contribution is -2.45. The molecule has 1 aromatic heterocycles. The van der Waals surface area contributed by atoms with E-state index in [2.05, 4.69) is 10.4 Å². The first-order valence-electron chi connectivity index (χ1n) is 5.28. The first-order valence-corrected chi connectivity index (χ1v) is 5.28. The fraction of sp³-hybridized carbons (Fsp3) is 0.636. The van der Waals surface area contributed by atoms with Crippen molar-refractivity contribution in [3.63, 3.8) is 0 Å². The van der Waals surface area contributed by atoms with Crippen molar-refractivity contribution < 1.29 is 4.79 Å². The van der Waals surface area contributed by atoms with Gasteiger partial charge in [-0.3, -0.25) is 9.48 Å². The molecule has 16 heavy (non-hydrogen) atoms. The number of rotatable bonds is 2. The average molecular weight is 224 g/mol. The summed E-state index contributed by atoms with van der Waals surface area (Å²) < 4.78 is 1.66. The number of anilines is 1. The summed E-state index contributed by atoms with van der Waals surface area (Å²) in [4.78, 5) is 11.8. The van der Waals surface area contributed by atoms with Gasteiger partial charge in [0.1, 0.15) is 0 Å².